The standard InChI is InChI=1S/C33H58O6/c1-3-5-7-9-16-20-27-37-31(38-28-21-17-10-8-6-4-2)26-19-15-13-11-12-14-18-23-29-24-22-25-30(32(29)34)39-33(35)36/h22,24-25,31,34H,3-21,23,26-28H2,1-2H3,(H,35,36). The number of carboxylic acid groups (broad SMARTS) is 1. The Morgan fingerprint density at radius 1 is 0.692 bits per heavy atom. The maximum atomic E-state index is 10.7. The summed E-state index contributed by atoms with van der Waals surface area (Å²) in [5.74, 6) is -0.0583. The fourth-order valence-corrected chi connectivity index (χ4v) is 4.87. The molecule has 6 heteroatoms. The quantitative estimate of drug-likeness (QED) is 0.0490. The van der Waals surface area contributed by atoms with Crippen molar-refractivity contribution < 1.29 is 29.2 Å². The number of rotatable bonds is 27. The molecule has 0 unspecified atom stereocenters. The van der Waals surface area contributed by atoms with Crippen molar-refractivity contribution in [2.24, 2.45) is 0 Å². The van der Waals surface area contributed by atoms with Crippen LogP contribution in [0.5, 0.6) is 11.5 Å². The third-order valence-electron chi connectivity index (χ3n) is 7.27. The van der Waals surface area contributed by atoms with Crippen LogP contribution < -0.4 is 4.74 Å². The van der Waals surface area contributed by atoms with Crippen molar-refractivity contribution in [3.05, 3.63) is 23.8 Å². The molecule has 0 fully saturated rings. The van der Waals surface area contributed by atoms with E-state index in [9.17, 15) is 9.90 Å². The normalized spacial score (nSPS) is 11.4. The van der Waals surface area contributed by atoms with Gasteiger partial charge < -0.3 is 24.4 Å². The van der Waals surface area contributed by atoms with E-state index in [4.69, 9.17) is 14.6 Å². The fourth-order valence-electron chi connectivity index (χ4n) is 4.87. The highest BCUT2D eigenvalue weighted by Gasteiger charge is 2.11. The van der Waals surface area contributed by atoms with Crippen molar-refractivity contribution in [1.82, 2.24) is 0 Å². The zero-order valence-corrected chi connectivity index (χ0v) is 25.1. The van der Waals surface area contributed by atoms with Crippen LogP contribution >= 0.6 is 0 Å². The molecule has 0 amide bonds. The minimum Gasteiger partial charge on any atom is -0.504 e. The van der Waals surface area contributed by atoms with E-state index in [1.54, 1.807) is 6.07 Å². The van der Waals surface area contributed by atoms with E-state index in [1.165, 1.54) is 96.0 Å². The summed E-state index contributed by atoms with van der Waals surface area (Å²) >= 11 is 0. The maximum absolute atomic E-state index is 10.7. The zero-order valence-electron chi connectivity index (χ0n) is 25.1. The van der Waals surface area contributed by atoms with Gasteiger partial charge in [-0.2, -0.15) is 0 Å². The molecule has 2 N–H and O–H groups in total. The monoisotopic (exact) mass is 550 g/mol. The summed E-state index contributed by atoms with van der Waals surface area (Å²) in [5.41, 5.74) is 0.738. The van der Waals surface area contributed by atoms with Crippen LogP contribution in [0.4, 0.5) is 4.79 Å². The van der Waals surface area contributed by atoms with Crippen LogP contribution in [0.3, 0.4) is 0 Å². The van der Waals surface area contributed by atoms with Crippen molar-refractivity contribution in [3.63, 3.8) is 0 Å². The van der Waals surface area contributed by atoms with Gasteiger partial charge in [0.05, 0.1) is 0 Å². The Hall–Kier alpha value is -1.79. The molecule has 0 bridgehead atoms. The predicted molar refractivity (Wildman–Crippen MR) is 160 cm³/mol. The number of phenols is 1. The minimum absolute atomic E-state index is 0.00482. The van der Waals surface area contributed by atoms with Gasteiger partial charge in [0.2, 0.25) is 0 Å². The molecule has 0 aliphatic rings. The van der Waals surface area contributed by atoms with Gasteiger partial charge in [0.15, 0.2) is 17.8 Å². The summed E-state index contributed by atoms with van der Waals surface area (Å²) in [5, 5.41) is 19.0. The SMILES string of the molecule is CCCCCCCCOC(CCCCCCCCCc1cccc(OC(=O)O)c1O)OCCCCCCCC. The predicted octanol–water partition coefficient (Wildman–Crippen LogP) is 10.2. The Morgan fingerprint density at radius 2 is 1.18 bits per heavy atom. The van der Waals surface area contributed by atoms with Gasteiger partial charge in [-0.3, -0.25) is 0 Å². The number of hydrogen-bond acceptors (Lipinski definition) is 5. The molecule has 1 rings (SSSR count). The number of aromatic hydroxyl groups is 1. The summed E-state index contributed by atoms with van der Waals surface area (Å²) in [4.78, 5) is 10.7. The molecule has 0 saturated heterocycles. The highest BCUT2D eigenvalue weighted by molar-refractivity contribution is 5.63. The summed E-state index contributed by atoms with van der Waals surface area (Å²) in [7, 11) is 0. The van der Waals surface area contributed by atoms with E-state index >= 15 is 0 Å². The van der Waals surface area contributed by atoms with Crippen LogP contribution in [0.2, 0.25) is 0 Å². The largest absolute Gasteiger partial charge is 0.511 e. The first-order chi connectivity index (χ1) is 19.1. The van der Waals surface area contributed by atoms with Gasteiger partial charge in [0.1, 0.15) is 0 Å². The highest BCUT2D eigenvalue weighted by Crippen LogP contribution is 2.31. The Labute approximate surface area is 238 Å². The molecule has 0 aliphatic carbocycles. The molecule has 0 radical (unpaired) electrons. The second-order valence-corrected chi connectivity index (χ2v) is 10.9. The lowest BCUT2D eigenvalue weighted by molar-refractivity contribution is -0.148. The number of para-hydroxylation sites is 1. The third-order valence-corrected chi connectivity index (χ3v) is 7.27. The number of ether oxygens (including phenoxy) is 3. The van der Waals surface area contributed by atoms with Crippen molar-refractivity contribution in [2.45, 2.75) is 155 Å². The molecule has 0 saturated carbocycles. The molecule has 0 aromatic heterocycles. The number of phenolic OH excluding ortho intramolecular Hbond substituents is 1. The lowest BCUT2D eigenvalue weighted by atomic mass is 10.0. The first-order valence-corrected chi connectivity index (χ1v) is 16.0. The smallest absolute Gasteiger partial charge is 0.504 e. The number of aryl methyl sites for hydroxylation is 1. The maximum Gasteiger partial charge on any atom is 0.511 e. The third kappa shape index (κ3) is 19.8. The van der Waals surface area contributed by atoms with Gasteiger partial charge >= 0.3 is 6.16 Å². The molecular weight excluding hydrogens is 492 g/mol. The van der Waals surface area contributed by atoms with E-state index in [0.717, 1.165) is 63.7 Å². The second-order valence-electron chi connectivity index (χ2n) is 10.9. The van der Waals surface area contributed by atoms with Crippen LogP contribution in [0.15, 0.2) is 18.2 Å². The zero-order chi connectivity index (χ0) is 28.4. The Kier molecular flexibility index (Phi) is 22.8. The van der Waals surface area contributed by atoms with Crippen molar-refractivity contribution in [1.29, 1.82) is 0 Å². The van der Waals surface area contributed by atoms with Gasteiger partial charge in [0, 0.05) is 13.2 Å². The number of unbranched alkanes of at least 4 members (excludes halogenated alkanes) is 16. The molecule has 0 spiro atoms. The molecule has 226 valence electrons. The van der Waals surface area contributed by atoms with E-state index in [0.29, 0.717) is 0 Å². The van der Waals surface area contributed by atoms with Crippen molar-refractivity contribution in [3.8, 4) is 11.5 Å². The van der Waals surface area contributed by atoms with E-state index in [1.807, 2.05) is 6.07 Å². The summed E-state index contributed by atoms with van der Waals surface area (Å²) in [6, 6.07) is 5.01. The Bertz CT molecular complexity index is 689. The molecule has 0 atom stereocenters. The Morgan fingerprint density at radius 3 is 1.72 bits per heavy atom. The molecule has 0 heterocycles. The number of benzene rings is 1. The average Bonchev–Trinajstić information content (AvgIpc) is 2.92. The van der Waals surface area contributed by atoms with E-state index in [-0.39, 0.29) is 17.8 Å². The molecule has 1 aromatic rings. The molecule has 1 aromatic carbocycles. The average molecular weight is 551 g/mol. The van der Waals surface area contributed by atoms with Gasteiger partial charge in [-0.05, 0) is 50.2 Å². The summed E-state index contributed by atoms with van der Waals surface area (Å²) in [6.07, 6.45) is 23.6. The summed E-state index contributed by atoms with van der Waals surface area (Å²) in [6.45, 7) is 6.14. The number of hydrogen-bond donors (Lipinski definition) is 2. The molecule has 0 aliphatic heterocycles. The van der Waals surface area contributed by atoms with Crippen LogP contribution in [-0.4, -0.2) is 35.9 Å². The van der Waals surface area contributed by atoms with Gasteiger partial charge in [-0.15, -0.1) is 0 Å². The van der Waals surface area contributed by atoms with Crippen LogP contribution in [0.1, 0.15) is 148 Å². The second kappa shape index (κ2) is 25.2. The first-order valence-electron chi connectivity index (χ1n) is 16.0. The van der Waals surface area contributed by atoms with Crippen LogP contribution in [0.25, 0.3) is 0 Å². The highest BCUT2D eigenvalue weighted by atomic mass is 16.7. The lowest BCUT2D eigenvalue weighted by Crippen LogP contribution is -2.19. The number of carbonyl (C=O) groups is 1. The van der Waals surface area contributed by atoms with Gasteiger partial charge in [0.25, 0.3) is 0 Å². The van der Waals surface area contributed by atoms with E-state index in [2.05, 4.69) is 18.6 Å². The van der Waals surface area contributed by atoms with Gasteiger partial charge in [-0.1, -0.05) is 122 Å². The first kappa shape index (κ1) is 35.2. The van der Waals surface area contributed by atoms with Crippen LogP contribution in [0, 0.1) is 0 Å². The lowest BCUT2D eigenvalue weighted by Gasteiger charge is -2.19. The van der Waals surface area contributed by atoms with Crippen LogP contribution in [-0.2, 0) is 15.9 Å². The van der Waals surface area contributed by atoms with Crippen molar-refractivity contribution >= 4 is 6.16 Å². The summed E-state index contributed by atoms with van der Waals surface area (Å²) < 4.78 is 16.9. The minimum atomic E-state index is -1.41. The van der Waals surface area contributed by atoms with E-state index < -0.39 is 6.16 Å². The molecule has 6 nitrogen and oxygen atoms in total. The molecular formula is C33H58O6. The van der Waals surface area contributed by atoms with Crippen molar-refractivity contribution in [2.75, 3.05) is 13.2 Å². The Balaban J connectivity index is 2.17. The molecule has 39 heavy (non-hydrogen) atoms. The fraction of sp³-hybridized carbons (Fsp3) is 0.788. The van der Waals surface area contributed by atoms with Gasteiger partial charge in [-0.25, -0.2) is 4.79 Å². The topological polar surface area (TPSA) is 85.2 Å².